The van der Waals surface area contributed by atoms with Crippen LogP contribution in [0.1, 0.15) is 12.5 Å². The molecule has 0 spiro atoms. The maximum atomic E-state index is 6.14. The van der Waals surface area contributed by atoms with Gasteiger partial charge in [0, 0.05) is 11.8 Å². The first-order chi connectivity index (χ1) is 10.5. The molecular weight excluding hydrogens is 302 g/mol. The SMILES string of the molecule is C/C(N)=C(\COc1ccc(Cl)nn1)N(N)c1ccc(C)cc1. The van der Waals surface area contributed by atoms with Crippen LogP contribution in [0.3, 0.4) is 0 Å². The van der Waals surface area contributed by atoms with E-state index < -0.39 is 0 Å². The van der Waals surface area contributed by atoms with E-state index in [0.717, 1.165) is 11.3 Å². The second kappa shape index (κ2) is 7.11. The lowest BCUT2D eigenvalue weighted by molar-refractivity contribution is 0.329. The first-order valence-electron chi connectivity index (χ1n) is 6.66. The van der Waals surface area contributed by atoms with Gasteiger partial charge in [-0.3, -0.25) is 5.01 Å². The summed E-state index contributed by atoms with van der Waals surface area (Å²) < 4.78 is 5.56. The van der Waals surface area contributed by atoms with Crippen molar-refractivity contribution in [1.82, 2.24) is 10.2 Å². The quantitative estimate of drug-likeness (QED) is 0.649. The molecule has 116 valence electrons. The van der Waals surface area contributed by atoms with E-state index >= 15 is 0 Å². The number of nitrogens with two attached hydrogens (primary N) is 2. The maximum absolute atomic E-state index is 6.14. The number of aromatic nitrogens is 2. The van der Waals surface area contributed by atoms with E-state index in [2.05, 4.69) is 10.2 Å². The molecule has 0 bridgehead atoms. The fraction of sp³-hybridized carbons (Fsp3) is 0.200. The summed E-state index contributed by atoms with van der Waals surface area (Å²) in [5.74, 6) is 6.48. The van der Waals surface area contributed by atoms with Crippen LogP contribution in [0.2, 0.25) is 5.15 Å². The van der Waals surface area contributed by atoms with Gasteiger partial charge in [-0.25, -0.2) is 5.84 Å². The van der Waals surface area contributed by atoms with Gasteiger partial charge in [0.25, 0.3) is 0 Å². The molecular formula is C15H18ClN5O. The largest absolute Gasteiger partial charge is 0.470 e. The van der Waals surface area contributed by atoms with Crippen molar-refractivity contribution in [2.45, 2.75) is 13.8 Å². The Morgan fingerprint density at radius 3 is 2.41 bits per heavy atom. The smallest absolute Gasteiger partial charge is 0.233 e. The summed E-state index contributed by atoms with van der Waals surface area (Å²) in [5.41, 5.74) is 9.08. The number of aryl methyl sites for hydroxylation is 1. The number of hydrazine groups is 1. The van der Waals surface area contributed by atoms with Crippen LogP contribution in [0, 0.1) is 6.92 Å². The van der Waals surface area contributed by atoms with Gasteiger partial charge < -0.3 is 10.5 Å². The van der Waals surface area contributed by atoms with Gasteiger partial charge >= 0.3 is 0 Å². The van der Waals surface area contributed by atoms with Crippen molar-refractivity contribution < 1.29 is 4.74 Å². The van der Waals surface area contributed by atoms with Gasteiger partial charge in [0.1, 0.15) is 6.61 Å². The Kier molecular flexibility index (Phi) is 5.19. The number of benzene rings is 1. The second-order valence-corrected chi connectivity index (χ2v) is 5.21. The van der Waals surface area contributed by atoms with Gasteiger partial charge in [-0.05, 0) is 32.0 Å². The summed E-state index contributed by atoms with van der Waals surface area (Å²) in [6.45, 7) is 3.95. The monoisotopic (exact) mass is 319 g/mol. The van der Waals surface area contributed by atoms with E-state index in [4.69, 9.17) is 27.9 Å². The van der Waals surface area contributed by atoms with E-state index in [-0.39, 0.29) is 6.61 Å². The van der Waals surface area contributed by atoms with E-state index in [9.17, 15) is 0 Å². The average molecular weight is 320 g/mol. The number of nitrogens with zero attached hydrogens (tertiary/aromatic N) is 3. The standard InChI is InChI=1S/C15H18ClN5O/c1-10-3-5-12(6-4-10)21(18)13(11(2)17)9-22-15-8-7-14(16)19-20-15/h3-8H,9,17-18H2,1-2H3/b13-11-. The van der Waals surface area contributed by atoms with Crippen LogP contribution in [0.15, 0.2) is 47.8 Å². The molecule has 0 radical (unpaired) electrons. The predicted molar refractivity (Wildman–Crippen MR) is 87.3 cm³/mol. The molecule has 0 aliphatic heterocycles. The summed E-state index contributed by atoms with van der Waals surface area (Å²) in [4.78, 5) is 0. The topological polar surface area (TPSA) is 90.3 Å². The third-order valence-corrected chi connectivity index (χ3v) is 3.22. The highest BCUT2D eigenvalue weighted by molar-refractivity contribution is 6.29. The van der Waals surface area contributed by atoms with E-state index in [1.54, 1.807) is 19.1 Å². The Morgan fingerprint density at radius 2 is 1.86 bits per heavy atom. The fourth-order valence-electron chi connectivity index (χ4n) is 1.76. The molecule has 7 heteroatoms. The Labute approximate surface area is 134 Å². The van der Waals surface area contributed by atoms with Crippen molar-refractivity contribution in [2.24, 2.45) is 11.6 Å². The molecule has 2 aromatic rings. The summed E-state index contributed by atoms with van der Waals surface area (Å²) in [6.07, 6.45) is 0. The van der Waals surface area contributed by atoms with Gasteiger partial charge in [-0.2, -0.15) is 0 Å². The molecule has 0 aliphatic rings. The summed E-state index contributed by atoms with van der Waals surface area (Å²) >= 11 is 5.68. The van der Waals surface area contributed by atoms with Crippen molar-refractivity contribution in [1.29, 1.82) is 0 Å². The molecule has 0 amide bonds. The van der Waals surface area contributed by atoms with Crippen LogP contribution >= 0.6 is 11.6 Å². The molecule has 0 aliphatic carbocycles. The van der Waals surface area contributed by atoms with Crippen molar-refractivity contribution >= 4 is 17.3 Å². The third-order valence-electron chi connectivity index (χ3n) is 3.02. The summed E-state index contributed by atoms with van der Waals surface area (Å²) in [5, 5.41) is 9.34. The number of hydrogen-bond donors (Lipinski definition) is 2. The number of allylic oxidation sites excluding steroid dienone is 1. The molecule has 0 saturated heterocycles. The van der Waals surface area contributed by atoms with Gasteiger partial charge in [0.05, 0.1) is 11.4 Å². The molecule has 0 unspecified atom stereocenters. The minimum atomic E-state index is 0.170. The highest BCUT2D eigenvalue weighted by Gasteiger charge is 2.12. The maximum Gasteiger partial charge on any atom is 0.233 e. The van der Waals surface area contributed by atoms with Gasteiger partial charge in [0.15, 0.2) is 5.15 Å². The molecule has 1 heterocycles. The second-order valence-electron chi connectivity index (χ2n) is 4.82. The Hall–Kier alpha value is -2.31. The molecule has 1 aromatic carbocycles. The van der Waals surface area contributed by atoms with E-state index in [0.29, 0.717) is 22.4 Å². The number of hydrogen-bond acceptors (Lipinski definition) is 6. The van der Waals surface area contributed by atoms with Crippen molar-refractivity contribution in [3.63, 3.8) is 0 Å². The molecule has 0 fully saturated rings. The van der Waals surface area contributed by atoms with Crippen LogP contribution in [-0.2, 0) is 0 Å². The Balaban J connectivity index is 2.11. The number of anilines is 1. The Bertz CT molecular complexity index is 651. The number of halogens is 1. The minimum absolute atomic E-state index is 0.170. The molecule has 6 nitrogen and oxygen atoms in total. The van der Waals surface area contributed by atoms with E-state index in [1.165, 1.54) is 5.01 Å². The van der Waals surface area contributed by atoms with Crippen molar-refractivity contribution in [3.8, 4) is 5.88 Å². The number of rotatable bonds is 5. The predicted octanol–water partition coefficient (Wildman–Crippen LogP) is 2.39. The lowest BCUT2D eigenvalue weighted by Crippen LogP contribution is -2.35. The van der Waals surface area contributed by atoms with E-state index in [1.807, 2.05) is 31.2 Å². The van der Waals surface area contributed by atoms with Crippen LogP contribution in [0.5, 0.6) is 5.88 Å². The third kappa shape index (κ3) is 4.09. The highest BCUT2D eigenvalue weighted by Crippen LogP contribution is 2.18. The molecule has 0 atom stereocenters. The molecule has 2 rings (SSSR count). The lowest BCUT2D eigenvalue weighted by atomic mass is 10.2. The van der Waals surface area contributed by atoms with Gasteiger partial charge in [0.2, 0.25) is 5.88 Å². The minimum Gasteiger partial charge on any atom is -0.470 e. The summed E-state index contributed by atoms with van der Waals surface area (Å²) in [7, 11) is 0. The van der Waals surface area contributed by atoms with Crippen LogP contribution in [0.25, 0.3) is 0 Å². The zero-order chi connectivity index (χ0) is 16.1. The zero-order valence-corrected chi connectivity index (χ0v) is 13.2. The van der Waals surface area contributed by atoms with Gasteiger partial charge in [-0.15, -0.1) is 10.2 Å². The Morgan fingerprint density at radius 1 is 1.18 bits per heavy atom. The van der Waals surface area contributed by atoms with Crippen LogP contribution in [-0.4, -0.2) is 16.8 Å². The first kappa shape index (κ1) is 16.1. The van der Waals surface area contributed by atoms with Crippen LogP contribution in [0.4, 0.5) is 5.69 Å². The van der Waals surface area contributed by atoms with Gasteiger partial charge in [-0.1, -0.05) is 29.3 Å². The lowest BCUT2D eigenvalue weighted by Gasteiger charge is -2.23. The van der Waals surface area contributed by atoms with Crippen molar-refractivity contribution in [3.05, 3.63) is 58.5 Å². The fourth-order valence-corrected chi connectivity index (χ4v) is 1.86. The number of ether oxygens (including phenoxy) is 1. The zero-order valence-electron chi connectivity index (χ0n) is 12.5. The molecule has 0 saturated carbocycles. The highest BCUT2D eigenvalue weighted by atomic mass is 35.5. The van der Waals surface area contributed by atoms with Crippen molar-refractivity contribution in [2.75, 3.05) is 11.6 Å². The average Bonchev–Trinajstić information content (AvgIpc) is 2.49. The molecule has 4 N–H and O–H groups in total. The molecule has 22 heavy (non-hydrogen) atoms. The normalized spacial score (nSPS) is 11.8. The van der Waals surface area contributed by atoms with Crippen LogP contribution < -0.4 is 21.3 Å². The molecule has 1 aromatic heterocycles. The summed E-state index contributed by atoms with van der Waals surface area (Å²) in [6, 6.07) is 11.0. The first-order valence-corrected chi connectivity index (χ1v) is 7.04.